The lowest BCUT2D eigenvalue weighted by atomic mass is 9.96. The summed E-state index contributed by atoms with van der Waals surface area (Å²) in [6.07, 6.45) is 1.74. The number of methoxy groups -OCH3 is 4. The minimum Gasteiger partial charge on any atom is -0.497 e. The number of allylic oxidation sites excluding steroid dienone is 1. The van der Waals surface area contributed by atoms with Gasteiger partial charge in [-0.1, -0.05) is 35.6 Å². The number of hydrogen-bond acceptors (Lipinski definition) is 8. The van der Waals surface area contributed by atoms with Gasteiger partial charge in [0.2, 0.25) is 0 Å². The van der Waals surface area contributed by atoms with Gasteiger partial charge >= 0.3 is 5.97 Å². The molecule has 4 rings (SSSR count). The third-order valence-corrected chi connectivity index (χ3v) is 6.56. The molecule has 0 spiro atoms. The minimum atomic E-state index is -0.691. The standard InChI is InChI=1S/C25H24N2O6S/c1-14-20(24(29)33-5)21(15-9-11-17(30-2)12-10-15)27-23(28)19(34-25(27)26-14)13-16-7-6-8-18(31-3)22(16)32-4/h6-13,21H,1-5H3/b19-13+/t21-/m1/s1. The van der Waals surface area contributed by atoms with Crippen LogP contribution in [-0.4, -0.2) is 39.0 Å². The van der Waals surface area contributed by atoms with E-state index < -0.39 is 12.0 Å². The molecule has 176 valence electrons. The molecule has 1 aliphatic heterocycles. The summed E-state index contributed by atoms with van der Waals surface area (Å²) in [5.41, 5.74) is 1.97. The smallest absolute Gasteiger partial charge is 0.338 e. The van der Waals surface area contributed by atoms with E-state index in [0.717, 1.165) is 5.56 Å². The van der Waals surface area contributed by atoms with Crippen molar-refractivity contribution in [2.45, 2.75) is 13.0 Å². The molecule has 0 unspecified atom stereocenters. The summed E-state index contributed by atoms with van der Waals surface area (Å²) < 4.78 is 23.2. The number of benzene rings is 2. The summed E-state index contributed by atoms with van der Waals surface area (Å²) in [4.78, 5) is 31.4. The third kappa shape index (κ3) is 3.99. The van der Waals surface area contributed by atoms with E-state index in [2.05, 4.69) is 4.99 Å². The van der Waals surface area contributed by atoms with Gasteiger partial charge in [0.05, 0.1) is 50.3 Å². The van der Waals surface area contributed by atoms with E-state index in [-0.39, 0.29) is 5.56 Å². The molecule has 0 bridgehead atoms. The van der Waals surface area contributed by atoms with E-state index in [1.54, 1.807) is 52.5 Å². The van der Waals surface area contributed by atoms with Crippen LogP contribution in [-0.2, 0) is 9.53 Å². The molecule has 0 saturated carbocycles. The van der Waals surface area contributed by atoms with Gasteiger partial charge in [0.15, 0.2) is 16.3 Å². The number of carbonyl (C=O) groups is 1. The van der Waals surface area contributed by atoms with Gasteiger partial charge in [0, 0.05) is 5.56 Å². The molecule has 1 aliphatic rings. The summed E-state index contributed by atoms with van der Waals surface area (Å²) in [5.74, 6) is 1.21. The Hall–Kier alpha value is -3.85. The van der Waals surface area contributed by atoms with Crippen LogP contribution in [0.5, 0.6) is 17.2 Å². The number of thiazole rings is 1. The van der Waals surface area contributed by atoms with Gasteiger partial charge < -0.3 is 18.9 Å². The Labute approximate surface area is 200 Å². The van der Waals surface area contributed by atoms with Crippen molar-refractivity contribution in [2.24, 2.45) is 4.99 Å². The van der Waals surface area contributed by atoms with E-state index in [1.165, 1.54) is 23.0 Å². The molecule has 0 N–H and O–H groups in total. The predicted molar refractivity (Wildman–Crippen MR) is 128 cm³/mol. The van der Waals surface area contributed by atoms with Gasteiger partial charge in [-0.05, 0) is 36.8 Å². The Morgan fingerprint density at radius 2 is 1.76 bits per heavy atom. The number of nitrogens with zero attached hydrogens (tertiary/aromatic N) is 2. The van der Waals surface area contributed by atoms with Gasteiger partial charge in [-0.25, -0.2) is 9.79 Å². The molecule has 3 aromatic rings. The lowest BCUT2D eigenvalue weighted by Gasteiger charge is -2.24. The number of hydrogen-bond donors (Lipinski definition) is 0. The van der Waals surface area contributed by atoms with Crippen molar-refractivity contribution in [2.75, 3.05) is 28.4 Å². The van der Waals surface area contributed by atoms with Crippen molar-refractivity contribution in [3.05, 3.63) is 84.5 Å². The Balaban J connectivity index is 1.97. The fourth-order valence-corrected chi connectivity index (χ4v) is 5.00. The maximum Gasteiger partial charge on any atom is 0.338 e. The molecule has 1 aromatic heterocycles. The van der Waals surface area contributed by atoms with Crippen LogP contribution in [0, 0.1) is 0 Å². The maximum atomic E-state index is 13.7. The van der Waals surface area contributed by atoms with Gasteiger partial charge in [0.25, 0.3) is 5.56 Å². The number of esters is 1. The van der Waals surface area contributed by atoms with E-state index in [4.69, 9.17) is 18.9 Å². The van der Waals surface area contributed by atoms with Gasteiger partial charge in [-0.15, -0.1) is 0 Å². The third-order valence-electron chi connectivity index (χ3n) is 5.58. The molecule has 9 heteroatoms. The molecule has 0 fully saturated rings. The van der Waals surface area contributed by atoms with Crippen LogP contribution in [0.4, 0.5) is 0 Å². The van der Waals surface area contributed by atoms with Crippen molar-refractivity contribution in [1.29, 1.82) is 0 Å². The first-order chi connectivity index (χ1) is 16.4. The van der Waals surface area contributed by atoms with E-state index in [0.29, 0.717) is 43.4 Å². The molecule has 8 nitrogen and oxygen atoms in total. The summed E-state index contributed by atoms with van der Waals surface area (Å²) >= 11 is 1.24. The molecule has 2 aromatic carbocycles. The predicted octanol–water partition coefficient (Wildman–Crippen LogP) is 2.43. The first kappa shape index (κ1) is 23.3. The lowest BCUT2D eigenvalue weighted by Crippen LogP contribution is -2.39. The number of rotatable bonds is 6. The summed E-state index contributed by atoms with van der Waals surface area (Å²) in [7, 11) is 6.00. The Morgan fingerprint density at radius 1 is 1.03 bits per heavy atom. The van der Waals surface area contributed by atoms with Crippen molar-refractivity contribution < 1.29 is 23.7 Å². The Morgan fingerprint density at radius 3 is 2.38 bits per heavy atom. The normalized spacial score (nSPS) is 15.4. The quantitative estimate of drug-likeness (QED) is 0.504. The molecule has 1 atom stereocenters. The molecular weight excluding hydrogens is 456 g/mol. The Bertz CT molecular complexity index is 1450. The van der Waals surface area contributed by atoms with Crippen LogP contribution < -0.4 is 29.1 Å². The topological polar surface area (TPSA) is 88.4 Å². The van der Waals surface area contributed by atoms with E-state index in [9.17, 15) is 9.59 Å². The zero-order chi connectivity index (χ0) is 24.4. The van der Waals surface area contributed by atoms with Gasteiger partial charge in [-0.3, -0.25) is 9.36 Å². The zero-order valence-electron chi connectivity index (χ0n) is 19.4. The van der Waals surface area contributed by atoms with Crippen LogP contribution in [0.15, 0.2) is 63.5 Å². The van der Waals surface area contributed by atoms with Crippen molar-refractivity contribution in [1.82, 2.24) is 4.57 Å². The molecule has 2 heterocycles. The van der Waals surface area contributed by atoms with Crippen LogP contribution in [0.1, 0.15) is 24.1 Å². The molecule has 34 heavy (non-hydrogen) atoms. The minimum absolute atomic E-state index is 0.275. The van der Waals surface area contributed by atoms with Crippen molar-refractivity contribution in [3.63, 3.8) is 0 Å². The molecule has 0 radical (unpaired) electrons. The average Bonchev–Trinajstić information content (AvgIpc) is 3.16. The monoisotopic (exact) mass is 480 g/mol. The largest absolute Gasteiger partial charge is 0.497 e. The molecular formula is C25H24N2O6S. The lowest BCUT2D eigenvalue weighted by molar-refractivity contribution is -0.136. The number of ether oxygens (including phenoxy) is 4. The number of aromatic nitrogens is 1. The summed E-state index contributed by atoms with van der Waals surface area (Å²) in [5, 5.41) is 0. The highest BCUT2D eigenvalue weighted by atomic mass is 32.1. The molecule has 0 aliphatic carbocycles. The second kappa shape index (κ2) is 9.56. The highest BCUT2D eigenvalue weighted by molar-refractivity contribution is 7.07. The number of carbonyl (C=O) groups excluding carboxylic acids is 1. The van der Waals surface area contributed by atoms with Gasteiger partial charge in [-0.2, -0.15) is 0 Å². The summed E-state index contributed by atoms with van der Waals surface area (Å²) in [6.45, 7) is 1.74. The SMILES string of the molecule is COC(=O)C1=C(C)N=c2s/c(=C/c3cccc(OC)c3OC)c(=O)n2[C@@H]1c1ccc(OC)cc1. The van der Waals surface area contributed by atoms with Gasteiger partial charge in [0.1, 0.15) is 5.75 Å². The average molecular weight is 481 g/mol. The maximum absolute atomic E-state index is 13.7. The molecule has 0 saturated heterocycles. The number of fused-ring (bicyclic) bond motifs is 1. The van der Waals surface area contributed by atoms with Crippen LogP contribution in [0.3, 0.4) is 0 Å². The fourth-order valence-electron chi connectivity index (χ4n) is 3.96. The first-order valence-corrected chi connectivity index (χ1v) is 11.2. The van der Waals surface area contributed by atoms with E-state index in [1.807, 2.05) is 24.3 Å². The van der Waals surface area contributed by atoms with Crippen LogP contribution in [0.25, 0.3) is 6.08 Å². The fraction of sp³-hybridized carbons (Fsp3) is 0.240. The second-order valence-electron chi connectivity index (χ2n) is 7.43. The second-order valence-corrected chi connectivity index (χ2v) is 8.44. The highest BCUT2D eigenvalue weighted by Crippen LogP contribution is 2.32. The van der Waals surface area contributed by atoms with Crippen molar-refractivity contribution in [3.8, 4) is 17.2 Å². The Kier molecular flexibility index (Phi) is 6.56. The highest BCUT2D eigenvalue weighted by Gasteiger charge is 2.33. The van der Waals surface area contributed by atoms with Crippen molar-refractivity contribution >= 4 is 23.4 Å². The first-order valence-electron chi connectivity index (χ1n) is 10.4. The zero-order valence-corrected chi connectivity index (χ0v) is 20.3. The summed E-state index contributed by atoms with van der Waals surface area (Å²) in [6, 6.07) is 12.0. The van der Waals surface area contributed by atoms with E-state index >= 15 is 0 Å². The molecule has 0 amide bonds. The number of para-hydroxylation sites is 1. The van der Waals surface area contributed by atoms with Crippen LogP contribution in [0.2, 0.25) is 0 Å². The van der Waals surface area contributed by atoms with Crippen LogP contribution >= 0.6 is 11.3 Å².